The average molecular weight is 681 g/mol. The highest BCUT2D eigenvalue weighted by Crippen LogP contribution is 2.43. The smallest absolute Gasteiger partial charge is 0.167 e. The molecule has 0 aliphatic rings. The summed E-state index contributed by atoms with van der Waals surface area (Å²) in [6.07, 6.45) is 5.84. The minimum absolute atomic E-state index is 0.537. The molecular weight excluding hydrogens is 649 g/mol. The van der Waals surface area contributed by atoms with Crippen molar-refractivity contribution in [2.75, 3.05) is 0 Å². The van der Waals surface area contributed by atoms with Gasteiger partial charge in [-0.1, -0.05) is 140 Å². The van der Waals surface area contributed by atoms with Crippen LogP contribution in [0.2, 0.25) is 0 Å². The highest BCUT2D eigenvalue weighted by Gasteiger charge is 2.24. The molecule has 0 atom stereocenters. The van der Waals surface area contributed by atoms with Crippen LogP contribution in [0.15, 0.2) is 163 Å². The van der Waals surface area contributed by atoms with Crippen LogP contribution < -0.4 is 0 Å². The number of aromatic nitrogens is 4. The van der Waals surface area contributed by atoms with Gasteiger partial charge in [0, 0.05) is 43.9 Å². The standard InChI is InChI=1S/C48H32N4O/c1-3-16-41-34(4-2)43-35-23-13-12-20-32(35)29-39(45(43)53-41)48-50-46(31-18-7-5-8-19-31)49-47(51-48)38-25-15-26-40-42(38)37-28-27-30-17-11-14-24-36(30)44(37)52(40)33-21-9-6-10-22-33/h3-29H,2H2,1H3/b16-3-. The fourth-order valence-corrected chi connectivity index (χ4v) is 7.83. The third kappa shape index (κ3) is 4.82. The van der Waals surface area contributed by atoms with E-state index in [1.165, 1.54) is 10.8 Å². The van der Waals surface area contributed by atoms with Crippen molar-refractivity contribution >= 4 is 66.5 Å². The van der Waals surface area contributed by atoms with E-state index in [1.54, 1.807) is 0 Å². The first-order valence-corrected chi connectivity index (χ1v) is 17.8. The predicted octanol–water partition coefficient (Wildman–Crippen LogP) is 12.7. The summed E-state index contributed by atoms with van der Waals surface area (Å²) in [4.78, 5) is 15.7. The normalized spacial score (nSPS) is 11.9. The molecule has 53 heavy (non-hydrogen) atoms. The number of fused-ring (bicyclic) bond motifs is 8. The van der Waals surface area contributed by atoms with Gasteiger partial charge in [-0.2, -0.15) is 0 Å². The number of para-hydroxylation sites is 1. The lowest BCUT2D eigenvalue weighted by atomic mass is 9.98. The van der Waals surface area contributed by atoms with E-state index in [-0.39, 0.29) is 0 Å². The molecule has 5 heteroatoms. The van der Waals surface area contributed by atoms with Crippen LogP contribution in [0.1, 0.15) is 18.2 Å². The van der Waals surface area contributed by atoms with Crippen LogP contribution in [-0.2, 0) is 0 Å². The first-order valence-electron chi connectivity index (χ1n) is 17.8. The second kappa shape index (κ2) is 12.3. The van der Waals surface area contributed by atoms with Gasteiger partial charge in [-0.15, -0.1) is 0 Å². The summed E-state index contributed by atoms with van der Waals surface area (Å²) < 4.78 is 9.04. The molecule has 250 valence electrons. The molecule has 0 bridgehead atoms. The number of allylic oxidation sites excluding steroid dienone is 1. The predicted molar refractivity (Wildman–Crippen MR) is 220 cm³/mol. The number of furan rings is 1. The third-order valence-corrected chi connectivity index (χ3v) is 10.1. The number of benzene rings is 7. The van der Waals surface area contributed by atoms with E-state index in [0.29, 0.717) is 23.1 Å². The van der Waals surface area contributed by atoms with Crippen molar-refractivity contribution in [2.45, 2.75) is 6.92 Å². The Hall–Kier alpha value is -7.11. The maximum atomic E-state index is 6.67. The zero-order chi connectivity index (χ0) is 35.5. The van der Waals surface area contributed by atoms with Crippen molar-refractivity contribution < 1.29 is 4.42 Å². The zero-order valence-electron chi connectivity index (χ0n) is 29.0. The maximum absolute atomic E-state index is 6.67. The molecule has 0 radical (unpaired) electrons. The fourth-order valence-electron chi connectivity index (χ4n) is 7.83. The van der Waals surface area contributed by atoms with Crippen molar-refractivity contribution in [1.82, 2.24) is 19.5 Å². The van der Waals surface area contributed by atoms with Crippen LogP contribution in [0.3, 0.4) is 0 Å². The summed E-state index contributed by atoms with van der Waals surface area (Å²) in [7, 11) is 0. The van der Waals surface area contributed by atoms with E-state index >= 15 is 0 Å². The Balaban J connectivity index is 1.32. The van der Waals surface area contributed by atoms with E-state index in [9.17, 15) is 0 Å². The maximum Gasteiger partial charge on any atom is 0.167 e. The molecule has 0 fully saturated rings. The van der Waals surface area contributed by atoms with E-state index in [2.05, 4.69) is 126 Å². The second-order valence-corrected chi connectivity index (χ2v) is 13.2. The molecular formula is C48H32N4O. The van der Waals surface area contributed by atoms with Gasteiger partial charge in [-0.05, 0) is 53.4 Å². The molecule has 7 aromatic carbocycles. The first-order chi connectivity index (χ1) is 26.2. The molecule has 0 aliphatic carbocycles. The van der Waals surface area contributed by atoms with E-state index in [0.717, 1.165) is 71.7 Å². The van der Waals surface area contributed by atoms with Crippen molar-refractivity contribution in [3.8, 4) is 39.9 Å². The van der Waals surface area contributed by atoms with Gasteiger partial charge in [0.05, 0.1) is 16.6 Å². The summed E-state index contributed by atoms with van der Waals surface area (Å²) in [5.74, 6) is 2.46. The lowest BCUT2D eigenvalue weighted by Gasteiger charge is -2.11. The monoisotopic (exact) mass is 680 g/mol. The minimum atomic E-state index is 0.537. The summed E-state index contributed by atoms with van der Waals surface area (Å²) in [6, 6.07) is 50.6. The van der Waals surface area contributed by atoms with Gasteiger partial charge < -0.3 is 8.98 Å². The molecule has 0 saturated carbocycles. The van der Waals surface area contributed by atoms with Gasteiger partial charge in [0.2, 0.25) is 0 Å². The molecule has 0 unspecified atom stereocenters. The lowest BCUT2D eigenvalue weighted by molar-refractivity contribution is 0.604. The Morgan fingerprint density at radius 3 is 2.04 bits per heavy atom. The van der Waals surface area contributed by atoms with Gasteiger partial charge >= 0.3 is 0 Å². The van der Waals surface area contributed by atoms with Gasteiger partial charge in [0.1, 0.15) is 11.3 Å². The number of nitrogens with zero attached hydrogens (tertiary/aromatic N) is 4. The van der Waals surface area contributed by atoms with Gasteiger partial charge in [-0.25, -0.2) is 15.0 Å². The van der Waals surface area contributed by atoms with Gasteiger partial charge in [-0.3, -0.25) is 0 Å². The zero-order valence-corrected chi connectivity index (χ0v) is 29.0. The Kier molecular flexibility index (Phi) is 7.12. The first kappa shape index (κ1) is 30.7. The Morgan fingerprint density at radius 2 is 1.26 bits per heavy atom. The van der Waals surface area contributed by atoms with Crippen LogP contribution in [0.5, 0.6) is 0 Å². The van der Waals surface area contributed by atoms with Crippen LogP contribution in [0.4, 0.5) is 0 Å². The highest BCUT2D eigenvalue weighted by atomic mass is 16.3. The van der Waals surface area contributed by atoms with Crippen LogP contribution >= 0.6 is 0 Å². The molecule has 0 spiro atoms. The third-order valence-electron chi connectivity index (χ3n) is 10.1. The largest absolute Gasteiger partial charge is 0.455 e. The molecule has 3 heterocycles. The lowest BCUT2D eigenvalue weighted by Crippen LogP contribution is -2.01. The molecule has 0 saturated heterocycles. The Bertz CT molecular complexity index is 3080. The number of hydrogen-bond acceptors (Lipinski definition) is 4. The summed E-state index contributed by atoms with van der Waals surface area (Å²) >= 11 is 0. The van der Waals surface area contributed by atoms with Crippen molar-refractivity contribution in [3.05, 3.63) is 170 Å². The molecule has 0 aliphatic heterocycles. The molecule has 0 N–H and O–H groups in total. The van der Waals surface area contributed by atoms with Gasteiger partial charge in [0.15, 0.2) is 17.5 Å². The van der Waals surface area contributed by atoms with Crippen molar-refractivity contribution in [2.24, 2.45) is 0 Å². The summed E-state index contributed by atoms with van der Waals surface area (Å²) in [5, 5.41) is 7.72. The Labute approximate surface area is 305 Å². The fraction of sp³-hybridized carbons (Fsp3) is 0.0208. The Morgan fingerprint density at radius 1 is 0.585 bits per heavy atom. The molecule has 10 rings (SSSR count). The summed E-state index contributed by atoms with van der Waals surface area (Å²) in [6.45, 7) is 6.16. The second-order valence-electron chi connectivity index (χ2n) is 13.2. The van der Waals surface area contributed by atoms with Crippen LogP contribution in [0, 0.1) is 0 Å². The minimum Gasteiger partial charge on any atom is -0.455 e. The van der Waals surface area contributed by atoms with E-state index < -0.39 is 0 Å². The topological polar surface area (TPSA) is 56.7 Å². The quantitative estimate of drug-likeness (QED) is 0.175. The molecule has 0 amide bonds. The van der Waals surface area contributed by atoms with Crippen LogP contribution in [0.25, 0.3) is 106 Å². The van der Waals surface area contributed by atoms with Crippen molar-refractivity contribution in [3.63, 3.8) is 0 Å². The van der Waals surface area contributed by atoms with Crippen molar-refractivity contribution in [1.29, 1.82) is 0 Å². The SMILES string of the molecule is C=Cc1c(/C=C\C)oc2c(-c3nc(-c4ccccc4)nc(-c4cccc5c4c4ccc6ccccc6c4n5-c4ccccc4)n3)cc3ccccc3c12. The van der Waals surface area contributed by atoms with E-state index in [1.807, 2.05) is 55.5 Å². The molecule has 5 nitrogen and oxygen atoms in total. The summed E-state index contributed by atoms with van der Waals surface area (Å²) in [5.41, 5.74) is 7.60. The van der Waals surface area contributed by atoms with E-state index in [4.69, 9.17) is 19.4 Å². The molecule has 10 aromatic rings. The van der Waals surface area contributed by atoms with Gasteiger partial charge in [0.25, 0.3) is 0 Å². The highest BCUT2D eigenvalue weighted by molar-refractivity contribution is 6.22. The number of rotatable bonds is 6. The number of hydrogen-bond donors (Lipinski definition) is 0. The molecule has 3 aromatic heterocycles. The average Bonchev–Trinajstić information content (AvgIpc) is 3.77. The van der Waals surface area contributed by atoms with Crippen LogP contribution in [-0.4, -0.2) is 19.5 Å².